The first-order chi connectivity index (χ1) is 36.8. The van der Waals surface area contributed by atoms with Gasteiger partial charge in [0.25, 0.3) is 0 Å². The molecule has 0 aliphatic carbocycles. The summed E-state index contributed by atoms with van der Waals surface area (Å²) in [5.74, 6) is 0.354. The Bertz CT molecular complexity index is 2950. The van der Waals surface area contributed by atoms with Crippen molar-refractivity contribution in [3.05, 3.63) is 164 Å². The normalized spacial score (nSPS) is 15.7. The quantitative estimate of drug-likeness (QED) is 0.0912. The van der Waals surface area contributed by atoms with Gasteiger partial charge in [-0.05, 0) is 102 Å². The van der Waals surface area contributed by atoms with Crippen LogP contribution in [0.2, 0.25) is 0 Å². The number of hydrogen-bond acceptors (Lipinski definition) is 8. The Kier molecular flexibility index (Phi) is 24.7. The van der Waals surface area contributed by atoms with Gasteiger partial charge >= 0.3 is 30.0 Å². The van der Waals surface area contributed by atoms with Crippen LogP contribution in [-0.4, -0.2) is 109 Å². The zero-order chi connectivity index (χ0) is 55.3. The topological polar surface area (TPSA) is 178 Å². The number of imidazole rings is 2. The molecule has 0 fully saturated rings. The molecule has 5 aromatic rings. The molecule has 0 bridgehead atoms. The fraction of sp³-hybridized carbons (Fsp3) is 0.362. The van der Waals surface area contributed by atoms with Crippen molar-refractivity contribution in [2.24, 2.45) is 4.99 Å². The molecule has 15 nitrogen and oxygen atoms in total. The van der Waals surface area contributed by atoms with Crippen molar-refractivity contribution in [3.8, 4) is 0 Å². The number of rotatable bonds is 4. The number of hydrogen-bond donors (Lipinski definition) is 3. The summed E-state index contributed by atoms with van der Waals surface area (Å²) in [5, 5.41) is 5.20. The van der Waals surface area contributed by atoms with Gasteiger partial charge in [0.05, 0.1) is 42.2 Å². The Hall–Kier alpha value is -5.85. The maximum absolute atomic E-state index is 12.6. The molecule has 2 aromatic heterocycles. The van der Waals surface area contributed by atoms with Crippen molar-refractivity contribution >= 4 is 88.7 Å². The predicted octanol–water partition coefficient (Wildman–Crippen LogP) is 9.29. The molecule has 6 aliphatic rings. The number of aryl methyl sites for hydroxylation is 4. The van der Waals surface area contributed by atoms with Gasteiger partial charge in [-0.2, -0.15) is 6.42 Å². The number of H-pyrrole nitrogens is 1. The molecule has 5 amide bonds. The van der Waals surface area contributed by atoms with E-state index in [1.807, 2.05) is 86.7 Å². The van der Waals surface area contributed by atoms with Gasteiger partial charge in [-0.25, -0.2) is 9.97 Å². The molecular formula is C58H70BrIN10O5Zn. The van der Waals surface area contributed by atoms with Crippen LogP contribution in [0.25, 0.3) is 17.1 Å². The first-order valence-electron chi connectivity index (χ1n) is 26.0. The third-order valence-corrected chi connectivity index (χ3v) is 13.7. The minimum atomic E-state index is -0.201. The van der Waals surface area contributed by atoms with Crippen molar-refractivity contribution in [1.29, 1.82) is 0 Å². The Balaban J connectivity index is 0.000000190. The molecular weight excluding hydrogens is 1190 g/mol. The molecule has 0 spiro atoms. The number of aliphatic imine (C=N–C) groups is 1. The molecule has 8 heterocycles. The molecule has 0 saturated heterocycles. The van der Waals surface area contributed by atoms with Crippen molar-refractivity contribution in [2.75, 3.05) is 39.3 Å². The van der Waals surface area contributed by atoms with Gasteiger partial charge in [-0.15, -0.1) is 0 Å². The Morgan fingerprint density at radius 2 is 1.13 bits per heavy atom. The molecule has 398 valence electrons. The van der Waals surface area contributed by atoms with Crippen molar-refractivity contribution < 1.29 is 40.3 Å². The molecule has 3 aromatic carbocycles. The second-order valence-electron chi connectivity index (χ2n) is 17.9. The van der Waals surface area contributed by atoms with Crippen LogP contribution in [0.1, 0.15) is 110 Å². The van der Waals surface area contributed by atoms with Crippen LogP contribution in [-0.2, 0) is 72.4 Å². The number of carbonyl (C=O) groups excluding carboxylic acids is 5. The van der Waals surface area contributed by atoms with E-state index in [1.165, 1.54) is 53.8 Å². The second kappa shape index (κ2) is 30.8. The number of aromatic nitrogens is 4. The van der Waals surface area contributed by atoms with E-state index in [2.05, 4.69) is 112 Å². The van der Waals surface area contributed by atoms with E-state index in [0.29, 0.717) is 13.1 Å². The van der Waals surface area contributed by atoms with E-state index < -0.39 is 0 Å². The van der Waals surface area contributed by atoms with Crippen LogP contribution < -0.4 is 10.6 Å². The van der Waals surface area contributed by atoms with Gasteiger partial charge in [0.15, 0.2) is 0 Å². The number of aromatic amines is 1. The van der Waals surface area contributed by atoms with Gasteiger partial charge in [0.2, 0.25) is 29.5 Å². The number of nitrogens with one attached hydrogen (secondary N) is 3. The summed E-state index contributed by atoms with van der Waals surface area (Å²) in [6.45, 7) is 20.2. The molecule has 0 unspecified atom stereocenters. The molecule has 76 heavy (non-hydrogen) atoms. The number of fused-ring (bicyclic) bond motifs is 9. The summed E-state index contributed by atoms with van der Waals surface area (Å²) >= 11 is 6.55. The molecule has 0 radical (unpaired) electrons. The molecule has 0 saturated carbocycles. The molecule has 18 heteroatoms. The van der Waals surface area contributed by atoms with E-state index in [1.54, 1.807) is 34.7 Å². The molecule has 3 N–H and O–H groups in total. The zero-order valence-corrected chi connectivity index (χ0v) is 51.7. The fourth-order valence-electron chi connectivity index (χ4n) is 9.41. The monoisotopic (exact) mass is 1260 g/mol. The van der Waals surface area contributed by atoms with Crippen molar-refractivity contribution in [3.63, 3.8) is 0 Å². The average Bonchev–Trinajstić information content (AvgIpc) is 4.00. The second-order valence-corrected chi connectivity index (χ2v) is 19.1. The number of amides is 5. The van der Waals surface area contributed by atoms with E-state index in [0.717, 1.165) is 109 Å². The number of nitrogens with zero attached hydrogens (tertiary/aromatic N) is 7. The van der Waals surface area contributed by atoms with Crippen LogP contribution in [0.3, 0.4) is 0 Å². The summed E-state index contributed by atoms with van der Waals surface area (Å²) in [7, 11) is 0. The van der Waals surface area contributed by atoms with Gasteiger partial charge in [0.1, 0.15) is 18.7 Å². The van der Waals surface area contributed by atoms with E-state index >= 15 is 0 Å². The van der Waals surface area contributed by atoms with Gasteiger partial charge in [-0.1, -0.05) is 96.0 Å². The summed E-state index contributed by atoms with van der Waals surface area (Å²) in [5.41, 5.74) is 14.3. The summed E-state index contributed by atoms with van der Waals surface area (Å²) in [4.78, 5) is 80.8. The molecule has 11 rings (SSSR count). The van der Waals surface area contributed by atoms with Crippen LogP contribution in [0.5, 0.6) is 0 Å². The third-order valence-electron chi connectivity index (χ3n) is 12.7. The van der Waals surface area contributed by atoms with E-state index in [9.17, 15) is 24.0 Å². The van der Waals surface area contributed by atoms with E-state index in [-0.39, 0.29) is 49.2 Å². The van der Waals surface area contributed by atoms with Gasteiger partial charge in [0, 0.05) is 76.2 Å². The molecule has 0 atom stereocenters. The summed E-state index contributed by atoms with van der Waals surface area (Å²) in [6, 6.07) is 18.6. The maximum atomic E-state index is 12.6. The van der Waals surface area contributed by atoms with Crippen molar-refractivity contribution in [2.45, 2.75) is 99.8 Å². The fourth-order valence-corrected chi connectivity index (χ4v) is 10.2. The van der Waals surface area contributed by atoms with Crippen LogP contribution >= 0.6 is 36.2 Å². The number of benzene rings is 3. The predicted molar refractivity (Wildman–Crippen MR) is 310 cm³/mol. The first kappa shape index (κ1) is 61.0. The summed E-state index contributed by atoms with van der Waals surface area (Å²) in [6.07, 6.45) is 20.2. The first-order valence-corrected chi connectivity index (χ1v) is 34.1. The molecule has 6 aliphatic heterocycles. The Morgan fingerprint density at radius 1 is 0.671 bits per heavy atom. The average molecular weight is 1260 g/mol. The van der Waals surface area contributed by atoms with Gasteiger partial charge < -0.3 is 37.2 Å². The third kappa shape index (κ3) is 15.6. The number of carbonyl (C=O) groups is 5. The van der Waals surface area contributed by atoms with Crippen LogP contribution in [0.15, 0.2) is 103 Å². The summed E-state index contributed by atoms with van der Waals surface area (Å²) < 4.78 is 3.08. The number of allylic oxidation sites excluding steroid dienone is 1. The number of halogens is 2. The van der Waals surface area contributed by atoms with Crippen LogP contribution in [0, 0.1) is 24.3 Å². The minimum absolute atomic E-state index is 0.0337. The Morgan fingerprint density at radius 3 is 1.57 bits per heavy atom. The SMILES string of the molecule is CC.CCCc1cccc2c1CCN1C(=O)CN=C(n3cnc(C)c3)C=C21.CCCc1cccc2c1CCN1C(=O)CNC(=O)C=C21.Cc1cnc[nH]1.O=C1C=C2c3cccc(I)c3CCN2C(=O)CN1.[CH2-]CC.[Zn+][Br]. The Labute approximate surface area is 478 Å². The zero-order valence-electron chi connectivity index (χ0n) is 45.0. The van der Waals surface area contributed by atoms with E-state index in [4.69, 9.17) is 0 Å². The van der Waals surface area contributed by atoms with Gasteiger partial charge in [-0.3, -0.25) is 33.5 Å². The van der Waals surface area contributed by atoms with Crippen LogP contribution in [0.4, 0.5) is 0 Å². The standard InChI is InChI=1S/C20H22N4O.C16H18N2O2.C13H11IN2O2.C4H6N2.C3H7.C2H6.BrH.Zn/c1-3-5-15-6-4-7-17-16(15)8-9-24-18(17)10-19(21-11-20(24)25)23-12-14(2)22-13-23;1-2-4-11-5-3-6-13-12(11)7-8-18-14(13)9-15(19)17-10-16(18)20;14-10-3-1-2-9-8(10)4-5-16-11(9)6-12(17)15-7-13(16)18;1-4-2-5-3-6-4;1-3-2;1-2;;/h4,6-7,10,12-13H,3,5,8-9,11H2,1-2H3;3,5-6,9H,2,4,7-8,10H2,1H3,(H,17,19);1-3,6H,4-5,7H2,(H,15,17);2-3H,1H3,(H,5,6);1,3H2,2H3;1-2H3;1H;/q;;;;-1;;;+2/p-1. The van der Waals surface area contributed by atoms with Crippen molar-refractivity contribution in [1.82, 2.24) is 44.9 Å².